The molecule has 0 aromatic heterocycles. The fourth-order valence-electron chi connectivity index (χ4n) is 0. The first-order valence-corrected chi connectivity index (χ1v) is 4.01. The minimum absolute atomic E-state index is 0. The molecule has 0 aliphatic heterocycles. The molecule has 0 bridgehead atoms. The molecule has 0 saturated heterocycles. The molecule has 0 spiro atoms. The Labute approximate surface area is 83.9 Å². The van der Waals surface area contributed by atoms with Crippen LogP contribution in [0.1, 0.15) is 26.7 Å². The number of hydrogen-bond acceptors (Lipinski definition) is 2. The standard InChI is InChI=1S/C4H10.Na.H2O4S.H/c1-3-4-2;;1-5(2,3)4;/h3-4H2,1-2H3;;(H2,1,2,3,4);. The van der Waals surface area contributed by atoms with Crippen molar-refractivity contribution in [1.29, 1.82) is 0 Å². The molecule has 0 aromatic carbocycles. The molecular formula is C4H13NaO4S. The van der Waals surface area contributed by atoms with Crippen LogP contribution in [0.5, 0.6) is 0 Å². The van der Waals surface area contributed by atoms with E-state index in [0.29, 0.717) is 0 Å². The molecular weight excluding hydrogens is 167 g/mol. The van der Waals surface area contributed by atoms with Crippen molar-refractivity contribution in [3.63, 3.8) is 0 Å². The summed E-state index contributed by atoms with van der Waals surface area (Å²) in [6.45, 7) is 4.36. The second kappa shape index (κ2) is 9.87. The molecule has 2 N–H and O–H groups in total. The van der Waals surface area contributed by atoms with Crippen LogP contribution in [0.3, 0.4) is 0 Å². The molecule has 0 atom stereocenters. The molecule has 0 aliphatic carbocycles. The van der Waals surface area contributed by atoms with Gasteiger partial charge < -0.3 is 0 Å². The molecule has 0 fully saturated rings. The van der Waals surface area contributed by atoms with Gasteiger partial charge in [-0.15, -0.1) is 0 Å². The van der Waals surface area contributed by atoms with Gasteiger partial charge in [-0.2, -0.15) is 8.42 Å². The van der Waals surface area contributed by atoms with E-state index in [2.05, 4.69) is 13.8 Å². The third-order valence-corrected chi connectivity index (χ3v) is 0.500. The first kappa shape index (κ1) is 17.1. The third kappa shape index (κ3) is 157. The van der Waals surface area contributed by atoms with Crippen LogP contribution in [0.4, 0.5) is 0 Å². The molecule has 0 heterocycles. The van der Waals surface area contributed by atoms with Crippen molar-refractivity contribution in [1.82, 2.24) is 0 Å². The summed E-state index contributed by atoms with van der Waals surface area (Å²) in [4.78, 5) is 0. The molecule has 0 unspecified atom stereocenters. The van der Waals surface area contributed by atoms with Gasteiger partial charge in [-0.1, -0.05) is 26.7 Å². The van der Waals surface area contributed by atoms with E-state index >= 15 is 0 Å². The number of hydrogen-bond donors (Lipinski definition) is 2. The van der Waals surface area contributed by atoms with E-state index in [1.807, 2.05) is 0 Å². The van der Waals surface area contributed by atoms with Crippen LogP contribution >= 0.6 is 0 Å². The van der Waals surface area contributed by atoms with E-state index in [9.17, 15) is 0 Å². The maximum absolute atomic E-state index is 8.74. The Hall–Kier alpha value is 0.870. The van der Waals surface area contributed by atoms with Gasteiger partial charge in [0.25, 0.3) is 0 Å². The van der Waals surface area contributed by atoms with Gasteiger partial charge in [0.1, 0.15) is 0 Å². The van der Waals surface area contributed by atoms with Crippen LogP contribution in [-0.4, -0.2) is 47.1 Å². The Balaban J connectivity index is -0.0000000910. The molecule has 0 saturated carbocycles. The van der Waals surface area contributed by atoms with Crippen molar-refractivity contribution < 1.29 is 17.5 Å². The van der Waals surface area contributed by atoms with Gasteiger partial charge in [-0.05, 0) is 0 Å². The Morgan fingerprint density at radius 2 is 1.20 bits per heavy atom. The van der Waals surface area contributed by atoms with Crippen LogP contribution in [-0.2, 0) is 10.4 Å². The molecule has 0 aromatic rings. The Kier molecular flexibility index (Phi) is 16.9. The van der Waals surface area contributed by atoms with Crippen LogP contribution in [0.2, 0.25) is 0 Å². The fraction of sp³-hybridized carbons (Fsp3) is 1.00. The van der Waals surface area contributed by atoms with Crippen molar-refractivity contribution in [2.75, 3.05) is 0 Å². The first-order chi connectivity index (χ1) is 3.91. The summed E-state index contributed by atoms with van der Waals surface area (Å²) < 4.78 is 31.6. The van der Waals surface area contributed by atoms with Crippen LogP contribution in [0.15, 0.2) is 0 Å². The van der Waals surface area contributed by atoms with Crippen molar-refractivity contribution in [3.05, 3.63) is 0 Å². The second-order valence-electron chi connectivity index (χ2n) is 1.45. The van der Waals surface area contributed by atoms with Gasteiger partial charge >= 0.3 is 40.0 Å². The normalized spacial score (nSPS) is 8.80. The van der Waals surface area contributed by atoms with Crippen molar-refractivity contribution >= 4 is 40.0 Å². The summed E-state index contributed by atoms with van der Waals surface area (Å²) in [5, 5.41) is 0. The maximum atomic E-state index is 8.74. The molecule has 6 heteroatoms. The Morgan fingerprint density at radius 1 is 1.10 bits per heavy atom. The van der Waals surface area contributed by atoms with Gasteiger partial charge in [0.05, 0.1) is 0 Å². The summed E-state index contributed by atoms with van der Waals surface area (Å²) in [5.41, 5.74) is 0. The molecule has 0 rings (SSSR count). The zero-order valence-corrected chi connectivity index (χ0v) is 6.35. The van der Waals surface area contributed by atoms with E-state index in [1.165, 1.54) is 12.8 Å². The van der Waals surface area contributed by atoms with Gasteiger partial charge in [0.2, 0.25) is 0 Å². The Bertz CT molecular complexity index is 120. The van der Waals surface area contributed by atoms with E-state index < -0.39 is 10.4 Å². The third-order valence-electron chi connectivity index (χ3n) is 0.500. The van der Waals surface area contributed by atoms with Crippen molar-refractivity contribution in [2.45, 2.75) is 26.7 Å². The van der Waals surface area contributed by atoms with Gasteiger partial charge in [0, 0.05) is 0 Å². The quantitative estimate of drug-likeness (QED) is 0.455. The SMILES string of the molecule is CCCC.O=S(=O)(O)O.[NaH]. The zero-order chi connectivity index (χ0) is 7.91. The molecule has 60 valence electrons. The zero-order valence-electron chi connectivity index (χ0n) is 5.53. The van der Waals surface area contributed by atoms with E-state index in [1.54, 1.807) is 0 Å². The molecule has 0 amide bonds. The number of rotatable bonds is 1. The van der Waals surface area contributed by atoms with E-state index in [0.717, 1.165) is 0 Å². The van der Waals surface area contributed by atoms with Crippen molar-refractivity contribution in [2.24, 2.45) is 0 Å². The summed E-state index contributed by atoms with van der Waals surface area (Å²) >= 11 is 0. The minimum atomic E-state index is -4.67. The Morgan fingerprint density at radius 3 is 1.20 bits per heavy atom. The van der Waals surface area contributed by atoms with E-state index in [4.69, 9.17) is 17.5 Å². The topological polar surface area (TPSA) is 74.6 Å². The summed E-state index contributed by atoms with van der Waals surface area (Å²) in [5.74, 6) is 0. The second-order valence-corrected chi connectivity index (χ2v) is 2.34. The predicted molar refractivity (Wildman–Crippen MR) is 41.9 cm³/mol. The summed E-state index contributed by atoms with van der Waals surface area (Å²) in [7, 11) is -4.67. The molecule has 4 nitrogen and oxygen atoms in total. The van der Waals surface area contributed by atoms with Gasteiger partial charge in [-0.25, -0.2) is 0 Å². The predicted octanol–water partition coefficient (Wildman–Crippen LogP) is 0.505. The summed E-state index contributed by atoms with van der Waals surface area (Å²) in [6.07, 6.45) is 2.64. The molecule has 0 radical (unpaired) electrons. The van der Waals surface area contributed by atoms with Crippen LogP contribution < -0.4 is 0 Å². The van der Waals surface area contributed by atoms with Crippen molar-refractivity contribution in [3.8, 4) is 0 Å². The monoisotopic (exact) mass is 180 g/mol. The fourth-order valence-corrected chi connectivity index (χ4v) is 0. The molecule has 0 aliphatic rings. The van der Waals surface area contributed by atoms with E-state index in [-0.39, 0.29) is 29.6 Å². The number of unbranched alkanes of at least 4 members (excludes halogenated alkanes) is 1. The van der Waals surface area contributed by atoms with Crippen LogP contribution in [0, 0.1) is 0 Å². The summed E-state index contributed by atoms with van der Waals surface area (Å²) in [6, 6.07) is 0. The molecule has 10 heavy (non-hydrogen) atoms. The average Bonchev–Trinajstić information content (AvgIpc) is 1.61. The van der Waals surface area contributed by atoms with Gasteiger partial charge in [0.15, 0.2) is 0 Å². The van der Waals surface area contributed by atoms with Gasteiger partial charge in [-0.3, -0.25) is 9.11 Å². The first-order valence-electron chi connectivity index (χ1n) is 2.61. The van der Waals surface area contributed by atoms with Crippen LogP contribution in [0.25, 0.3) is 0 Å². The average molecular weight is 180 g/mol.